The number of carbonyl (C=O) groups is 2. The van der Waals surface area contributed by atoms with E-state index >= 15 is 0 Å². The third-order valence-electron chi connectivity index (χ3n) is 6.48. The third kappa shape index (κ3) is 25.5. The Balaban J connectivity index is -0.00000612. The van der Waals surface area contributed by atoms with Crippen LogP contribution >= 0.6 is 0 Å². The standard InChI is InChI=1S/C28H54O7S.Li.H/c1-3-5-7-9-11-13-15-17-19-21-23-34-27(29)25-26(36(31,32)33)28(30)35-24-22-20-18-16-14-12-10-8-6-4-2;;/h26H,3-25H2,1-2H3,(H,31,32,33);;/q;+1;-1. The molecule has 7 nitrogen and oxygen atoms in total. The molecule has 0 spiro atoms. The summed E-state index contributed by atoms with van der Waals surface area (Å²) in [5, 5.41) is -1.93. The quantitative estimate of drug-likeness (QED) is 0.0732. The molecular weight excluding hydrogens is 487 g/mol. The molecular formula is C28H55LiO7S. The van der Waals surface area contributed by atoms with E-state index < -0.39 is 33.7 Å². The van der Waals surface area contributed by atoms with Gasteiger partial charge in [-0.25, -0.2) is 0 Å². The molecule has 0 aliphatic rings. The summed E-state index contributed by atoms with van der Waals surface area (Å²) < 4.78 is 42.7. The normalized spacial score (nSPS) is 12.1. The van der Waals surface area contributed by atoms with E-state index in [1.807, 2.05) is 0 Å². The minimum atomic E-state index is -4.75. The van der Waals surface area contributed by atoms with Crippen molar-refractivity contribution in [1.82, 2.24) is 0 Å². The second-order valence-electron chi connectivity index (χ2n) is 9.96. The van der Waals surface area contributed by atoms with Gasteiger partial charge in [0.15, 0.2) is 5.25 Å². The zero-order chi connectivity index (χ0) is 26.9. The average Bonchev–Trinajstić information content (AvgIpc) is 2.83. The number of unbranched alkanes of at least 4 members (excludes halogenated alkanes) is 18. The predicted molar refractivity (Wildman–Crippen MR) is 147 cm³/mol. The summed E-state index contributed by atoms with van der Waals surface area (Å²) in [6.45, 7) is 4.67. The molecule has 0 fully saturated rings. The van der Waals surface area contributed by atoms with Gasteiger partial charge in [-0.3, -0.25) is 14.1 Å². The minimum absolute atomic E-state index is 0. The SMILES string of the molecule is CCCCCCCCCCCCOC(=O)CC(C(=O)OCCCCCCCCCCCC)S(=O)(=O)O.[H-].[Li+]. The summed E-state index contributed by atoms with van der Waals surface area (Å²) in [7, 11) is -4.75. The van der Waals surface area contributed by atoms with Gasteiger partial charge in [0.05, 0.1) is 19.6 Å². The van der Waals surface area contributed by atoms with Crippen molar-refractivity contribution in [3.63, 3.8) is 0 Å². The molecule has 9 heteroatoms. The first-order chi connectivity index (χ1) is 17.3. The van der Waals surface area contributed by atoms with E-state index in [0.717, 1.165) is 38.5 Å². The van der Waals surface area contributed by atoms with E-state index in [1.165, 1.54) is 77.0 Å². The monoisotopic (exact) mass is 542 g/mol. The van der Waals surface area contributed by atoms with Crippen LogP contribution in [0.1, 0.15) is 150 Å². The van der Waals surface area contributed by atoms with E-state index in [2.05, 4.69) is 13.8 Å². The van der Waals surface area contributed by atoms with Crippen molar-refractivity contribution in [2.24, 2.45) is 0 Å². The van der Waals surface area contributed by atoms with Gasteiger partial charge in [0.1, 0.15) is 0 Å². The van der Waals surface area contributed by atoms with E-state index in [9.17, 15) is 22.6 Å². The van der Waals surface area contributed by atoms with Gasteiger partial charge in [0.2, 0.25) is 0 Å². The molecule has 0 rings (SSSR count). The first-order valence-corrected chi connectivity index (χ1v) is 16.1. The van der Waals surface area contributed by atoms with Crippen LogP contribution in [0.5, 0.6) is 0 Å². The Labute approximate surface area is 241 Å². The Morgan fingerprint density at radius 1 is 0.622 bits per heavy atom. The van der Waals surface area contributed by atoms with Crippen LogP contribution in [0.2, 0.25) is 0 Å². The zero-order valence-electron chi connectivity index (χ0n) is 25.1. The fourth-order valence-electron chi connectivity index (χ4n) is 4.15. The molecule has 0 saturated heterocycles. The number of rotatable bonds is 26. The van der Waals surface area contributed by atoms with Crippen molar-refractivity contribution in [1.29, 1.82) is 0 Å². The van der Waals surface area contributed by atoms with Crippen molar-refractivity contribution in [2.45, 2.75) is 154 Å². The van der Waals surface area contributed by atoms with E-state index in [-0.39, 0.29) is 33.5 Å². The Kier molecular flexibility index (Phi) is 28.2. The molecule has 1 atom stereocenters. The van der Waals surface area contributed by atoms with Crippen LogP contribution in [0, 0.1) is 0 Å². The van der Waals surface area contributed by atoms with Crippen LogP contribution in [0.25, 0.3) is 0 Å². The summed E-state index contributed by atoms with van der Waals surface area (Å²) in [6, 6.07) is 0. The zero-order valence-corrected chi connectivity index (χ0v) is 25.0. The maximum Gasteiger partial charge on any atom is 1.00 e. The van der Waals surface area contributed by atoms with Crippen LogP contribution in [0.4, 0.5) is 0 Å². The summed E-state index contributed by atoms with van der Waals surface area (Å²) in [4.78, 5) is 24.2. The molecule has 216 valence electrons. The fourth-order valence-corrected chi connectivity index (χ4v) is 4.81. The van der Waals surface area contributed by atoms with Gasteiger partial charge in [-0.1, -0.05) is 129 Å². The van der Waals surface area contributed by atoms with Crippen molar-refractivity contribution < 1.29 is 52.3 Å². The van der Waals surface area contributed by atoms with Crippen LogP contribution < -0.4 is 18.9 Å². The molecule has 37 heavy (non-hydrogen) atoms. The third-order valence-corrected chi connectivity index (χ3v) is 7.56. The Morgan fingerprint density at radius 2 is 0.946 bits per heavy atom. The average molecular weight is 543 g/mol. The maximum atomic E-state index is 12.2. The molecule has 0 aromatic carbocycles. The van der Waals surface area contributed by atoms with Gasteiger partial charge in [-0.15, -0.1) is 0 Å². The second kappa shape index (κ2) is 27.0. The van der Waals surface area contributed by atoms with E-state index in [0.29, 0.717) is 12.8 Å². The van der Waals surface area contributed by atoms with Crippen LogP contribution in [-0.4, -0.2) is 43.4 Å². The van der Waals surface area contributed by atoms with E-state index in [1.54, 1.807) is 0 Å². The van der Waals surface area contributed by atoms with Crippen molar-refractivity contribution >= 4 is 22.1 Å². The molecule has 1 N–H and O–H groups in total. The number of esters is 2. The van der Waals surface area contributed by atoms with Crippen molar-refractivity contribution in [3.05, 3.63) is 0 Å². The van der Waals surface area contributed by atoms with Gasteiger partial charge in [-0.05, 0) is 12.8 Å². The number of carbonyl (C=O) groups excluding carboxylic acids is 2. The largest absolute Gasteiger partial charge is 1.00 e. The van der Waals surface area contributed by atoms with E-state index in [4.69, 9.17) is 9.47 Å². The fraction of sp³-hybridized carbons (Fsp3) is 0.929. The number of hydrogen-bond acceptors (Lipinski definition) is 6. The first kappa shape index (κ1) is 38.6. The molecule has 0 heterocycles. The molecule has 0 radical (unpaired) electrons. The van der Waals surface area contributed by atoms with Crippen molar-refractivity contribution in [2.75, 3.05) is 13.2 Å². The molecule has 0 aromatic heterocycles. The molecule has 0 amide bonds. The summed E-state index contributed by atoms with van der Waals surface area (Å²) in [5.74, 6) is -1.91. The summed E-state index contributed by atoms with van der Waals surface area (Å²) in [6.07, 6.45) is 22.1. The van der Waals surface area contributed by atoms with Crippen LogP contribution in [0.15, 0.2) is 0 Å². The molecule has 0 aliphatic carbocycles. The predicted octanol–water partition coefficient (Wildman–Crippen LogP) is 4.68. The van der Waals surface area contributed by atoms with Crippen LogP contribution in [0.3, 0.4) is 0 Å². The van der Waals surface area contributed by atoms with Gasteiger partial charge < -0.3 is 10.9 Å². The van der Waals surface area contributed by atoms with Gasteiger partial charge in [-0.2, -0.15) is 8.42 Å². The molecule has 0 bridgehead atoms. The van der Waals surface area contributed by atoms with Gasteiger partial charge >= 0.3 is 30.8 Å². The first-order valence-electron chi connectivity index (χ1n) is 14.6. The smallest absolute Gasteiger partial charge is 1.00 e. The maximum absolute atomic E-state index is 12.2. The second-order valence-corrected chi connectivity index (χ2v) is 11.6. The summed E-state index contributed by atoms with van der Waals surface area (Å²) in [5.41, 5.74) is 0. The molecule has 0 aromatic rings. The van der Waals surface area contributed by atoms with Gasteiger partial charge in [0, 0.05) is 0 Å². The Hall–Kier alpha value is -0.553. The molecule has 1 unspecified atom stereocenters. The minimum Gasteiger partial charge on any atom is -1.00 e. The van der Waals surface area contributed by atoms with Crippen molar-refractivity contribution in [3.8, 4) is 0 Å². The topological polar surface area (TPSA) is 107 Å². The summed E-state index contributed by atoms with van der Waals surface area (Å²) >= 11 is 0. The molecule has 0 aliphatic heterocycles. The number of ether oxygens (including phenoxy) is 2. The number of hydrogen-bond donors (Lipinski definition) is 1. The van der Waals surface area contributed by atoms with Gasteiger partial charge in [0.25, 0.3) is 10.1 Å². The Bertz CT molecular complexity index is 647. The Morgan fingerprint density at radius 3 is 1.30 bits per heavy atom. The molecule has 0 saturated carbocycles. The van der Waals surface area contributed by atoms with Crippen LogP contribution in [-0.2, 0) is 29.2 Å².